The van der Waals surface area contributed by atoms with Crippen LogP contribution in [0.3, 0.4) is 0 Å². The molecule has 4 amide bonds. The molecule has 0 radical (unpaired) electrons. The molecule has 1 aromatic heterocycles. The van der Waals surface area contributed by atoms with Gasteiger partial charge < -0.3 is 15.0 Å². The molecule has 0 spiro atoms. The largest absolute Gasteiger partial charge is 0.373 e. The maximum atomic E-state index is 13.2. The van der Waals surface area contributed by atoms with Gasteiger partial charge in [-0.15, -0.1) is 11.3 Å². The fraction of sp³-hybridized carbons (Fsp3) is 0.500. The molecule has 2 atom stereocenters. The molecule has 39 heavy (non-hydrogen) atoms. The first-order valence-corrected chi connectivity index (χ1v) is 15.1. The minimum absolute atomic E-state index is 0.0915. The van der Waals surface area contributed by atoms with Gasteiger partial charge in [-0.25, -0.2) is 13.2 Å². The molecule has 1 aromatic carbocycles. The van der Waals surface area contributed by atoms with Gasteiger partial charge in [0.05, 0.1) is 22.7 Å². The van der Waals surface area contributed by atoms with Crippen LogP contribution in [-0.2, 0) is 27.7 Å². The summed E-state index contributed by atoms with van der Waals surface area (Å²) in [6.45, 7) is 8.53. The Morgan fingerprint density at radius 3 is 2.31 bits per heavy atom. The van der Waals surface area contributed by atoms with E-state index >= 15 is 0 Å². The predicted molar refractivity (Wildman–Crippen MR) is 149 cm³/mol. The number of ether oxygens (including phenoxy) is 1. The molecule has 2 unspecified atom stereocenters. The average Bonchev–Trinajstić information content (AvgIpc) is 3.24. The Balaban J connectivity index is 1.57. The topological polar surface area (TPSA) is 128 Å². The van der Waals surface area contributed by atoms with E-state index in [1.165, 1.54) is 58.9 Å². The number of rotatable bonds is 6. The summed E-state index contributed by atoms with van der Waals surface area (Å²) in [5.41, 5.74) is 1.37. The molecule has 0 bridgehead atoms. The Kier molecular flexibility index (Phi) is 8.76. The van der Waals surface area contributed by atoms with Crippen molar-refractivity contribution in [3.05, 3.63) is 45.8 Å². The van der Waals surface area contributed by atoms with Crippen LogP contribution in [0.15, 0.2) is 29.2 Å². The van der Waals surface area contributed by atoms with Crippen LogP contribution in [0.1, 0.15) is 51.9 Å². The number of amides is 4. The number of nitrogens with zero attached hydrogens (tertiary/aromatic N) is 3. The van der Waals surface area contributed by atoms with Gasteiger partial charge in [0.1, 0.15) is 5.00 Å². The number of nitrogens with one attached hydrogen (secondary N) is 2. The zero-order chi connectivity index (χ0) is 28.5. The van der Waals surface area contributed by atoms with Crippen molar-refractivity contribution in [2.45, 2.75) is 50.8 Å². The van der Waals surface area contributed by atoms with Gasteiger partial charge in [-0.1, -0.05) is 6.92 Å². The van der Waals surface area contributed by atoms with E-state index in [4.69, 9.17) is 4.74 Å². The third kappa shape index (κ3) is 6.33. The maximum absolute atomic E-state index is 13.2. The van der Waals surface area contributed by atoms with Crippen molar-refractivity contribution < 1.29 is 27.5 Å². The molecule has 0 aliphatic carbocycles. The Bertz CT molecular complexity index is 1350. The predicted octanol–water partition coefficient (Wildman–Crippen LogP) is 2.59. The van der Waals surface area contributed by atoms with Crippen molar-refractivity contribution in [3.63, 3.8) is 0 Å². The fourth-order valence-electron chi connectivity index (χ4n) is 4.76. The van der Waals surface area contributed by atoms with Crippen LogP contribution in [0.2, 0.25) is 0 Å². The lowest BCUT2D eigenvalue weighted by Crippen LogP contribution is -2.48. The van der Waals surface area contributed by atoms with Crippen LogP contribution >= 0.6 is 11.3 Å². The summed E-state index contributed by atoms with van der Waals surface area (Å²) in [7, 11) is -0.667. The maximum Gasteiger partial charge on any atom is 0.323 e. The van der Waals surface area contributed by atoms with Crippen LogP contribution in [-0.4, -0.2) is 92.9 Å². The summed E-state index contributed by atoms with van der Waals surface area (Å²) in [5, 5.41) is 5.57. The molecular formula is C26H35N5O6S2. The number of fused-ring (bicyclic) bond motifs is 1. The number of hydrogen-bond donors (Lipinski definition) is 2. The van der Waals surface area contributed by atoms with E-state index in [1.807, 2.05) is 13.8 Å². The molecule has 3 heterocycles. The Morgan fingerprint density at radius 2 is 1.72 bits per heavy atom. The Hall–Kier alpha value is -2.84. The summed E-state index contributed by atoms with van der Waals surface area (Å²) < 4.78 is 33.4. The van der Waals surface area contributed by atoms with Crippen molar-refractivity contribution in [2.24, 2.45) is 0 Å². The lowest BCUT2D eigenvalue weighted by Gasteiger charge is -2.34. The normalized spacial score (nSPS) is 20.2. The summed E-state index contributed by atoms with van der Waals surface area (Å²) in [6, 6.07) is 5.19. The minimum atomic E-state index is -3.75. The van der Waals surface area contributed by atoms with Crippen molar-refractivity contribution in [3.8, 4) is 0 Å². The average molecular weight is 578 g/mol. The number of thiophene rings is 1. The van der Waals surface area contributed by atoms with Gasteiger partial charge in [0.15, 0.2) is 0 Å². The Morgan fingerprint density at radius 1 is 1.08 bits per heavy atom. The monoisotopic (exact) mass is 577 g/mol. The van der Waals surface area contributed by atoms with Crippen molar-refractivity contribution in [2.75, 3.05) is 45.6 Å². The van der Waals surface area contributed by atoms with Gasteiger partial charge in [-0.2, -0.15) is 4.31 Å². The van der Waals surface area contributed by atoms with E-state index in [-0.39, 0.29) is 35.8 Å². The van der Waals surface area contributed by atoms with Gasteiger partial charge >= 0.3 is 6.03 Å². The molecular weight excluding hydrogens is 542 g/mol. The standard InChI is InChI=1S/C26H35N5O6S2/c1-6-30-12-11-20-21(15-30)38-25(22(20)24(33)28-26(34)29(4)5)27-23(32)18-7-9-19(10-8-18)39(35,36)31-13-16(2)37-17(3)14-31/h7-10,16-17H,6,11-15H2,1-5H3,(H,27,32)(H,28,33,34). The number of carbonyl (C=O) groups excluding carboxylic acids is 3. The molecule has 212 valence electrons. The second-order valence-electron chi connectivity index (χ2n) is 10.0. The van der Waals surface area contributed by atoms with Crippen molar-refractivity contribution >= 4 is 44.2 Å². The highest BCUT2D eigenvalue weighted by Gasteiger charge is 2.33. The van der Waals surface area contributed by atoms with E-state index in [2.05, 4.69) is 22.5 Å². The number of hydrogen-bond acceptors (Lipinski definition) is 8. The lowest BCUT2D eigenvalue weighted by molar-refractivity contribution is -0.0440. The minimum Gasteiger partial charge on any atom is -0.373 e. The number of anilines is 1. The van der Waals surface area contributed by atoms with Crippen LogP contribution in [0.4, 0.5) is 9.80 Å². The van der Waals surface area contributed by atoms with Gasteiger partial charge in [-0.05, 0) is 56.6 Å². The number of carbonyl (C=O) groups is 3. The van der Waals surface area contributed by atoms with Crippen LogP contribution < -0.4 is 10.6 Å². The van der Waals surface area contributed by atoms with Gasteiger partial charge in [0.2, 0.25) is 10.0 Å². The van der Waals surface area contributed by atoms with Gasteiger partial charge in [0, 0.05) is 50.7 Å². The van der Waals surface area contributed by atoms with Crippen LogP contribution in [0.25, 0.3) is 0 Å². The molecule has 13 heteroatoms. The third-order valence-electron chi connectivity index (χ3n) is 6.80. The molecule has 2 aliphatic rings. The molecule has 0 saturated carbocycles. The van der Waals surface area contributed by atoms with E-state index < -0.39 is 27.9 Å². The van der Waals surface area contributed by atoms with Crippen molar-refractivity contribution in [1.29, 1.82) is 0 Å². The summed E-state index contributed by atoms with van der Waals surface area (Å²) in [5.74, 6) is -1.05. The van der Waals surface area contributed by atoms with E-state index in [0.29, 0.717) is 23.5 Å². The fourth-order valence-corrected chi connectivity index (χ4v) is 7.63. The molecule has 2 aliphatic heterocycles. The first-order valence-electron chi connectivity index (χ1n) is 12.9. The molecule has 2 aromatic rings. The summed E-state index contributed by atoms with van der Waals surface area (Å²) in [6.07, 6.45) is 0.197. The van der Waals surface area contributed by atoms with Crippen LogP contribution in [0, 0.1) is 0 Å². The number of imide groups is 1. The lowest BCUT2D eigenvalue weighted by atomic mass is 10.0. The second kappa shape index (κ2) is 11.7. The SMILES string of the molecule is CCN1CCc2c(sc(NC(=O)c3ccc(S(=O)(=O)N4CC(C)OC(C)C4)cc3)c2C(=O)NC(=O)N(C)C)C1. The number of morpholine rings is 1. The number of benzene rings is 1. The van der Waals surface area contributed by atoms with Gasteiger partial charge in [-0.3, -0.25) is 19.8 Å². The zero-order valence-corrected chi connectivity index (χ0v) is 24.4. The quantitative estimate of drug-likeness (QED) is 0.540. The highest BCUT2D eigenvalue weighted by Crippen LogP contribution is 2.37. The van der Waals surface area contributed by atoms with E-state index in [1.54, 1.807) is 0 Å². The molecule has 4 rings (SSSR count). The first-order chi connectivity index (χ1) is 18.4. The summed E-state index contributed by atoms with van der Waals surface area (Å²) >= 11 is 1.32. The molecule has 11 nitrogen and oxygen atoms in total. The zero-order valence-electron chi connectivity index (χ0n) is 22.8. The highest BCUT2D eigenvalue weighted by atomic mass is 32.2. The van der Waals surface area contributed by atoms with Crippen LogP contribution in [0.5, 0.6) is 0 Å². The van der Waals surface area contributed by atoms with E-state index in [0.717, 1.165) is 23.5 Å². The van der Waals surface area contributed by atoms with E-state index in [9.17, 15) is 22.8 Å². The Labute approximate surface area is 233 Å². The first kappa shape index (κ1) is 29.2. The summed E-state index contributed by atoms with van der Waals surface area (Å²) in [4.78, 5) is 43.1. The highest BCUT2D eigenvalue weighted by molar-refractivity contribution is 7.89. The molecule has 1 fully saturated rings. The van der Waals surface area contributed by atoms with Crippen molar-refractivity contribution in [1.82, 2.24) is 19.4 Å². The number of likely N-dealkylation sites (N-methyl/N-ethyl adjacent to an activating group) is 1. The molecule has 1 saturated heterocycles. The number of sulfonamides is 1. The third-order valence-corrected chi connectivity index (χ3v) is 9.78. The second-order valence-corrected chi connectivity index (χ2v) is 13.1. The number of urea groups is 1. The smallest absolute Gasteiger partial charge is 0.323 e. The van der Waals surface area contributed by atoms with Gasteiger partial charge in [0.25, 0.3) is 11.8 Å². The molecule has 2 N–H and O–H groups in total.